The Balaban J connectivity index is 4.73. The molecule has 0 aliphatic carbocycles. The lowest BCUT2D eigenvalue weighted by molar-refractivity contribution is -0.124. The van der Waals surface area contributed by atoms with Crippen molar-refractivity contribution in [3.63, 3.8) is 0 Å². The lowest BCUT2D eigenvalue weighted by atomic mass is 9.91. The Hall–Kier alpha value is -0.750. The van der Waals surface area contributed by atoms with Gasteiger partial charge in [0.2, 0.25) is 0 Å². The molecule has 6 heteroatoms. The zero-order chi connectivity index (χ0) is 21.6. The number of carbonyl (C=O) groups is 2. The summed E-state index contributed by atoms with van der Waals surface area (Å²) in [6, 6.07) is 0. The third kappa shape index (κ3) is 11.9. The maximum absolute atomic E-state index is 12.5. The highest BCUT2D eigenvalue weighted by Crippen LogP contribution is 2.22. The summed E-state index contributed by atoms with van der Waals surface area (Å²) >= 11 is 0. The molecule has 3 unspecified atom stereocenters. The van der Waals surface area contributed by atoms with Gasteiger partial charge in [0.05, 0.1) is 0 Å². The summed E-state index contributed by atoms with van der Waals surface area (Å²) in [5, 5.41) is -1.60. The standard InChI is InChI=1S/C22H42O5S/c1-5-9-11-18(7-3)13-15-20(23)17-22(28(25,26)27)21(24)16-14-19(8-4)12-10-6-2/h18-19,22H,5-17H2,1-4H3,(H,25,26,27). The molecule has 1 N–H and O–H groups in total. The van der Waals surface area contributed by atoms with E-state index in [9.17, 15) is 22.6 Å². The van der Waals surface area contributed by atoms with Gasteiger partial charge in [-0.05, 0) is 24.7 Å². The molecule has 0 saturated carbocycles. The first-order chi connectivity index (χ1) is 13.2. The van der Waals surface area contributed by atoms with Crippen molar-refractivity contribution in [2.24, 2.45) is 11.8 Å². The van der Waals surface area contributed by atoms with E-state index in [-0.39, 0.29) is 18.6 Å². The second kappa shape index (κ2) is 15.1. The molecular formula is C22H42O5S. The van der Waals surface area contributed by atoms with Crippen LogP contribution < -0.4 is 0 Å². The molecule has 0 rings (SSSR count). The first-order valence-electron chi connectivity index (χ1n) is 11.2. The van der Waals surface area contributed by atoms with Crippen LogP contribution in [0.15, 0.2) is 0 Å². The zero-order valence-electron chi connectivity index (χ0n) is 18.4. The quantitative estimate of drug-likeness (QED) is 0.286. The van der Waals surface area contributed by atoms with Crippen LogP contribution in [-0.4, -0.2) is 29.8 Å². The van der Waals surface area contributed by atoms with Crippen molar-refractivity contribution >= 4 is 21.7 Å². The van der Waals surface area contributed by atoms with E-state index in [1.54, 1.807) is 0 Å². The minimum atomic E-state index is -4.56. The number of ketones is 2. The van der Waals surface area contributed by atoms with Crippen LogP contribution in [0.4, 0.5) is 0 Å². The van der Waals surface area contributed by atoms with E-state index in [1.807, 2.05) is 0 Å². The Morgan fingerprint density at radius 2 is 1.25 bits per heavy atom. The number of hydrogen-bond donors (Lipinski definition) is 1. The van der Waals surface area contributed by atoms with Crippen LogP contribution in [0.5, 0.6) is 0 Å². The Bertz CT molecular complexity index is 541. The fraction of sp³-hybridized carbons (Fsp3) is 0.909. The first-order valence-corrected chi connectivity index (χ1v) is 12.7. The van der Waals surface area contributed by atoms with E-state index >= 15 is 0 Å². The summed E-state index contributed by atoms with van der Waals surface area (Å²) in [6.45, 7) is 8.41. The van der Waals surface area contributed by atoms with Crippen LogP contribution in [0, 0.1) is 11.8 Å². The Kier molecular flexibility index (Phi) is 14.7. The van der Waals surface area contributed by atoms with Gasteiger partial charge in [0.1, 0.15) is 5.78 Å². The van der Waals surface area contributed by atoms with E-state index in [2.05, 4.69) is 27.7 Å². The highest BCUT2D eigenvalue weighted by atomic mass is 32.2. The topological polar surface area (TPSA) is 88.5 Å². The Labute approximate surface area is 172 Å². The van der Waals surface area contributed by atoms with Crippen LogP contribution in [0.2, 0.25) is 0 Å². The van der Waals surface area contributed by atoms with Gasteiger partial charge in [-0.25, -0.2) is 0 Å². The molecule has 28 heavy (non-hydrogen) atoms. The summed E-state index contributed by atoms with van der Waals surface area (Å²) < 4.78 is 32.9. The fourth-order valence-electron chi connectivity index (χ4n) is 3.66. The van der Waals surface area contributed by atoms with Gasteiger partial charge in [-0.15, -0.1) is 0 Å². The van der Waals surface area contributed by atoms with Gasteiger partial charge in [0.15, 0.2) is 11.0 Å². The highest BCUT2D eigenvalue weighted by molar-refractivity contribution is 7.87. The number of unbranched alkanes of at least 4 members (excludes halogenated alkanes) is 2. The maximum atomic E-state index is 12.5. The van der Waals surface area contributed by atoms with Gasteiger partial charge >= 0.3 is 0 Å². The van der Waals surface area contributed by atoms with E-state index in [1.165, 1.54) is 0 Å². The number of hydrogen-bond acceptors (Lipinski definition) is 4. The minimum absolute atomic E-state index is 0.105. The van der Waals surface area contributed by atoms with E-state index in [0.29, 0.717) is 18.3 Å². The largest absolute Gasteiger partial charge is 0.300 e. The summed E-state index contributed by atoms with van der Waals surface area (Å²) in [7, 11) is -4.56. The van der Waals surface area contributed by atoms with Crippen molar-refractivity contribution < 1.29 is 22.6 Å². The SMILES string of the molecule is CCCCC(CC)CCC(=O)CC(C(=O)CCC(CC)CCCC)S(=O)(=O)O. The number of carbonyl (C=O) groups excluding carboxylic acids is 2. The fourth-order valence-corrected chi connectivity index (χ4v) is 4.50. The van der Waals surface area contributed by atoms with E-state index < -0.39 is 27.6 Å². The van der Waals surface area contributed by atoms with Crippen molar-refractivity contribution in [1.82, 2.24) is 0 Å². The van der Waals surface area contributed by atoms with Crippen LogP contribution in [0.1, 0.15) is 111 Å². The molecule has 0 amide bonds. The maximum Gasteiger partial charge on any atom is 0.275 e. The summed E-state index contributed by atoms with van der Waals surface area (Å²) in [4.78, 5) is 24.8. The van der Waals surface area contributed by atoms with Gasteiger partial charge in [-0.2, -0.15) is 8.42 Å². The van der Waals surface area contributed by atoms with E-state index in [0.717, 1.165) is 57.8 Å². The average Bonchev–Trinajstić information content (AvgIpc) is 2.65. The van der Waals surface area contributed by atoms with Crippen LogP contribution in [0.25, 0.3) is 0 Å². The molecule has 0 heterocycles. The van der Waals surface area contributed by atoms with Crippen molar-refractivity contribution in [3.8, 4) is 0 Å². The average molecular weight is 419 g/mol. The molecule has 5 nitrogen and oxygen atoms in total. The smallest absolute Gasteiger partial charge is 0.275 e. The number of rotatable bonds is 18. The summed E-state index contributed by atoms with van der Waals surface area (Å²) in [6.07, 6.45) is 9.74. The van der Waals surface area contributed by atoms with Crippen molar-refractivity contribution in [2.75, 3.05) is 0 Å². The predicted molar refractivity (Wildman–Crippen MR) is 115 cm³/mol. The normalized spacial score (nSPS) is 15.2. The molecule has 0 aliphatic rings. The van der Waals surface area contributed by atoms with Crippen molar-refractivity contribution in [3.05, 3.63) is 0 Å². The number of Topliss-reactive ketones (excluding diaryl/α,β-unsaturated/α-hetero) is 2. The summed E-state index contributed by atoms with van der Waals surface area (Å²) in [5.74, 6) is 0.0611. The summed E-state index contributed by atoms with van der Waals surface area (Å²) in [5.41, 5.74) is 0. The van der Waals surface area contributed by atoms with Gasteiger partial charge in [-0.1, -0.05) is 79.1 Å². The predicted octanol–water partition coefficient (Wildman–Crippen LogP) is 5.76. The van der Waals surface area contributed by atoms with Crippen LogP contribution >= 0.6 is 0 Å². The van der Waals surface area contributed by atoms with E-state index in [4.69, 9.17) is 0 Å². The lowest BCUT2D eigenvalue weighted by Gasteiger charge is -2.17. The Morgan fingerprint density at radius 1 is 0.786 bits per heavy atom. The molecule has 0 radical (unpaired) electrons. The molecule has 3 atom stereocenters. The van der Waals surface area contributed by atoms with Gasteiger partial charge in [0.25, 0.3) is 10.1 Å². The molecule has 166 valence electrons. The highest BCUT2D eigenvalue weighted by Gasteiger charge is 2.32. The van der Waals surface area contributed by atoms with Gasteiger partial charge in [0, 0.05) is 19.3 Å². The second-order valence-electron chi connectivity index (χ2n) is 8.12. The molecule has 0 aromatic carbocycles. The second-order valence-corrected chi connectivity index (χ2v) is 9.72. The molecule has 0 aromatic heterocycles. The first kappa shape index (κ1) is 27.2. The third-order valence-corrected chi connectivity index (χ3v) is 7.00. The van der Waals surface area contributed by atoms with Crippen molar-refractivity contribution in [1.29, 1.82) is 0 Å². The monoisotopic (exact) mass is 418 g/mol. The minimum Gasteiger partial charge on any atom is -0.300 e. The van der Waals surface area contributed by atoms with Crippen LogP contribution in [0.3, 0.4) is 0 Å². The Morgan fingerprint density at radius 3 is 1.64 bits per heavy atom. The molecule has 0 bridgehead atoms. The zero-order valence-corrected chi connectivity index (χ0v) is 19.2. The molecular weight excluding hydrogens is 376 g/mol. The molecule has 0 aromatic rings. The lowest BCUT2D eigenvalue weighted by Crippen LogP contribution is -2.32. The molecule has 0 aliphatic heterocycles. The van der Waals surface area contributed by atoms with Crippen LogP contribution in [-0.2, 0) is 19.7 Å². The molecule has 0 fully saturated rings. The molecule has 0 saturated heterocycles. The van der Waals surface area contributed by atoms with Gasteiger partial charge < -0.3 is 0 Å². The third-order valence-electron chi connectivity index (χ3n) is 5.85. The molecule has 0 spiro atoms. The van der Waals surface area contributed by atoms with Crippen molar-refractivity contribution in [2.45, 2.75) is 116 Å². The van der Waals surface area contributed by atoms with Gasteiger partial charge in [-0.3, -0.25) is 14.1 Å².